The van der Waals surface area contributed by atoms with E-state index in [1.54, 1.807) is 0 Å². The van der Waals surface area contributed by atoms with Crippen LogP contribution in [0.25, 0.3) is 0 Å². The Kier molecular flexibility index (Phi) is 4.73. The number of hydrogen-bond donors (Lipinski definition) is 0. The molecule has 0 rings (SSSR count). The van der Waals surface area contributed by atoms with E-state index in [0.717, 1.165) is 5.92 Å². The number of rotatable bonds is 4. The summed E-state index contributed by atoms with van der Waals surface area (Å²) in [5.41, 5.74) is 0. The summed E-state index contributed by atoms with van der Waals surface area (Å²) < 4.78 is 0. The summed E-state index contributed by atoms with van der Waals surface area (Å²) in [6.45, 7) is 8.17. The summed E-state index contributed by atoms with van der Waals surface area (Å²) in [5, 5.41) is 0. The first kappa shape index (κ1) is 7.74. The van der Waals surface area contributed by atoms with E-state index in [-0.39, 0.29) is 0 Å². The Morgan fingerprint density at radius 2 is 2.25 bits per heavy atom. The van der Waals surface area contributed by atoms with Gasteiger partial charge in [0.25, 0.3) is 0 Å². The Morgan fingerprint density at radius 1 is 1.62 bits per heavy atom. The topological polar surface area (TPSA) is 0 Å². The van der Waals surface area contributed by atoms with Crippen molar-refractivity contribution < 1.29 is 0 Å². The van der Waals surface area contributed by atoms with Crippen LogP contribution in [0, 0.1) is 5.92 Å². The van der Waals surface area contributed by atoms with Crippen molar-refractivity contribution >= 4 is 0 Å². The lowest BCUT2D eigenvalue weighted by molar-refractivity contribution is 0.532. The van der Waals surface area contributed by atoms with E-state index in [1.165, 1.54) is 19.3 Å². The van der Waals surface area contributed by atoms with E-state index < -0.39 is 0 Å². The molecule has 0 fully saturated rings. The van der Waals surface area contributed by atoms with Gasteiger partial charge >= 0.3 is 0 Å². The largest absolute Gasteiger partial charge is 0.103 e. The van der Waals surface area contributed by atoms with Crippen molar-refractivity contribution in [2.24, 2.45) is 5.92 Å². The van der Waals surface area contributed by atoms with Crippen LogP contribution in [0.15, 0.2) is 12.7 Å². The Morgan fingerprint density at radius 3 is 2.62 bits per heavy atom. The molecule has 1 atom stereocenters. The van der Waals surface area contributed by atoms with Crippen molar-refractivity contribution in [3.05, 3.63) is 12.7 Å². The first-order chi connectivity index (χ1) is 3.81. The molecule has 0 radical (unpaired) electrons. The molecule has 8 heavy (non-hydrogen) atoms. The van der Waals surface area contributed by atoms with Crippen LogP contribution in [0.5, 0.6) is 0 Å². The van der Waals surface area contributed by atoms with Crippen molar-refractivity contribution in [3.8, 4) is 0 Å². The molecule has 0 saturated heterocycles. The monoisotopic (exact) mass is 112 g/mol. The molecule has 0 aliphatic rings. The van der Waals surface area contributed by atoms with Crippen LogP contribution in [-0.2, 0) is 0 Å². The molecule has 0 heteroatoms. The molecule has 0 aromatic heterocycles. The van der Waals surface area contributed by atoms with E-state index >= 15 is 0 Å². The molecule has 1 unspecified atom stereocenters. The minimum Gasteiger partial charge on any atom is -0.103 e. The summed E-state index contributed by atoms with van der Waals surface area (Å²) in [6.07, 6.45) is 5.81. The summed E-state index contributed by atoms with van der Waals surface area (Å²) in [6, 6.07) is 0. The maximum atomic E-state index is 3.68. The molecule has 0 aliphatic carbocycles. The summed E-state index contributed by atoms with van der Waals surface area (Å²) in [5.74, 6) is 0.845. The van der Waals surface area contributed by atoms with Crippen molar-refractivity contribution in [2.75, 3.05) is 0 Å². The Hall–Kier alpha value is -0.260. The molecule has 0 amide bonds. The summed E-state index contributed by atoms with van der Waals surface area (Å²) in [7, 11) is 0. The zero-order valence-electron chi connectivity index (χ0n) is 5.98. The fraction of sp³-hybridized carbons (Fsp3) is 0.750. The van der Waals surface area contributed by atoms with Gasteiger partial charge in [-0.05, 0) is 12.3 Å². The molecule has 0 nitrogen and oxygen atoms in total. The van der Waals surface area contributed by atoms with Crippen LogP contribution >= 0.6 is 0 Å². The molecule has 0 aromatic rings. The van der Waals surface area contributed by atoms with E-state index in [9.17, 15) is 0 Å². The van der Waals surface area contributed by atoms with Crippen molar-refractivity contribution in [3.63, 3.8) is 0 Å². The maximum absolute atomic E-state index is 3.68. The smallest absolute Gasteiger partial charge is 0.0328 e. The normalized spacial score (nSPS) is 13.2. The minimum atomic E-state index is 0.845. The Bertz CT molecular complexity index is 55.1. The van der Waals surface area contributed by atoms with Crippen molar-refractivity contribution in [1.82, 2.24) is 0 Å². The van der Waals surface area contributed by atoms with Crippen LogP contribution in [0.3, 0.4) is 0 Å². The molecule has 0 aromatic carbocycles. The predicted molar refractivity (Wildman–Crippen MR) is 38.9 cm³/mol. The van der Waals surface area contributed by atoms with Crippen molar-refractivity contribution in [1.29, 1.82) is 0 Å². The van der Waals surface area contributed by atoms with Gasteiger partial charge in [0.05, 0.1) is 0 Å². The molecule has 0 heterocycles. The second-order valence-corrected chi connectivity index (χ2v) is 2.42. The zero-order valence-corrected chi connectivity index (χ0v) is 5.98. The van der Waals surface area contributed by atoms with Gasteiger partial charge in [0.2, 0.25) is 0 Å². The van der Waals surface area contributed by atoms with Gasteiger partial charge in [-0.3, -0.25) is 0 Å². The third-order valence-corrected chi connectivity index (χ3v) is 1.35. The van der Waals surface area contributed by atoms with Gasteiger partial charge in [0.15, 0.2) is 0 Å². The van der Waals surface area contributed by atoms with Gasteiger partial charge in [0, 0.05) is 0 Å². The predicted octanol–water partition coefficient (Wildman–Crippen LogP) is 3.00. The molecule has 0 N–H and O–H groups in total. The molecule has 0 spiro atoms. The number of hydrogen-bond acceptors (Lipinski definition) is 0. The summed E-state index contributed by atoms with van der Waals surface area (Å²) >= 11 is 0. The van der Waals surface area contributed by atoms with E-state index in [1.807, 2.05) is 6.08 Å². The highest BCUT2D eigenvalue weighted by Crippen LogP contribution is 2.08. The van der Waals surface area contributed by atoms with Gasteiger partial charge in [-0.25, -0.2) is 0 Å². The molecule has 0 saturated carbocycles. The van der Waals surface area contributed by atoms with Gasteiger partial charge in [-0.15, -0.1) is 6.58 Å². The second-order valence-electron chi connectivity index (χ2n) is 2.42. The Labute approximate surface area is 52.6 Å². The van der Waals surface area contributed by atoms with Gasteiger partial charge in [-0.2, -0.15) is 0 Å². The quantitative estimate of drug-likeness (QED) is 0.490. The Balaban J connectivity index is 3.03. The summed E-state index contributed by atoms with van der Waals surface area (Å²) in [4.78, 5) is 0. The van der Waals surface area contributed by atoms with Gasteiger partial charge in [-0.1, -0.05) is 32.8 Å². The fourth-order valence-electron chi connectivity index (χ4n) is 0.895. The van der Waals surface area contributed by atoms with E-state index in [4.69, 9.17) is 0 Å². The second kappa shape index (κ2) is 4.89. The zero-order chi connectivity index (χ0) is 6.41. The van der Waals surface area contributed by atoms with Crippen LogP contribution in [0.2, 0.25) is 0 Å². The highest BCUT2D eigenvalue weighted by molar-refractivity contribution is 4.69. The minimum absolute atomic E-state index is 0.845. The van der Waals surface area contributed by atoms with Crippen LogP contribution in [0.4, 0.5) is 0 Å². The average Bonchev–Trinajstić information content (AvgIpc) is 1.68. The lowest BCUT2D eigenvalue weighted by atomic mass is 10.0. The third kappa shape index (κ3) is 3.91. The van der Waals surface area contributed by atoms with Crippen molar-refractivity contribution in [2.45, 2.75) is 33.1 Å². The molecular formula is C8H16. The molecule has 48 valence electrons. The van der Waals surface area contributed by atoms with Gasteiger partial charge < -0.3 is 0 Å². The van der Waals surface area contributed by atoms with Crippen LogP contribution in [0.1, 0.15) is 33.1 Å². The fourth-order valence-corrected chi connectivity index (χ4v) is 0.895. The van der Waals surface area contributed by atoms with E-state index in [0.29, 0.717) is 0 Å². The highest BCUT2D eigenvalue weighted by atomic mass is 14.0. The average molecular weight is 112 g/mol. The van der Waals surface area contributed by atoms with Crippen LogP contribution < -0.4 is 0 Å². The number of allylic oxidation sites excluding steroid dienone is 1. The molecule has 0 aliphatic heterocycles. The van der Waals surface area contributed by atoms with Gasteiger partial charge in [0.1, 0.15) is 0 Å². The first-order valence-corrected chi connectivity index (χ1v) is 3.42. The molecular weight excluding hydrogens is 96.1 g/mol. The lowest BCUT2D eigenvalue weighted by Crippen LogP contribution is -1.89. The van der Waals surface area contributed by atoms with E-state index in [2.05, 4.69) is 20.4 Å². The maximum Gasteiger partial charge on any atom is -0.0328 e. The standard InChI is InChI=1S/C8H16/c1-4-6-8(3)7-5-2/h4,8H,1,5-7H2,2-3H3. The SMILES string of the molecule is C=CCC(C)CCC. The lowest BCUT2D eigenvalue weighted by Gasteiger charge is -2.03. The first-order valence-electron chi connectivity index (χ1n) is 3.42. The highest BCUT2D eigenvalue weighted by Gasteiger charge is 1.94. The third-order valence-electron chi connectivity index (χ3n) is 1.35. The molecule has 0 bridgehead atoms. The van der Waals surface area contributed by atoms with Crippen LogP contribution in [-0.4, -0.2) is 0 Å².